The maximum atomic E-state index is 9.18. The Kier molecular flexibility index (Phi) is 4.88. The van der Waals surface area contributed by atoms with Crippen molar-refractivity contribution >= 4 is 0 Å². The Morgan fingerprint density at radius 1 is 1.06 bits per heavy atom. The third-order valence-corrected chi connectivity index (χ3v) is 2.07. The predicted octanol–water partition coefficient (Wildman–Crippen LogP) is 1.18. The standard InChI is InChI=1S/C11H16O5/c1-13-7-16-10-8(6-12)4-5-9(14-2)11(10)15-3/h4-5,12H,6-7H2,1-3H3. The van der Waals surface area contributed by atoms with Crippen LogP contribution in [0.5, 0.6) is 17.2 Å². The van der Waals surface area contributed by atoms with Gasteiger partial charge in [-0.15, -0.1) is 0 Å². The summed E-state index contributed by atoms with van der Waals surface area (Å²) in [5.74, 6) is 1.43. The second-order valence-electron chi connectivity index (χ2n) is 3.00. The summed E-state index contributed by atoms with van der Waals surface area (Å²) >= 11 is 0. The fourth-order valence-corrected chi connectivity index (χ4v) is 1.34. The molecule has 0 radical (unpaired) electrons. The van der Waals surface area contributed by atoms with Crippen LogP contribution in [-0.2, 0) is 11.3 Å². The molecule has 0 aromatic heterocycles. The van der Waals surface area contributed by atoms with Crippen molar-refractivity contribution in [3.63, 3.8) is 0 Å². The van der Waals surface area contributed by atoms with Crippen molar-refractivity contribution < 1.29 is 24.1 Å². The van der Waals surface area contributed by atoms with Crippen molar-refractivity contribution in [2.24, 2.45) is 0 Å². The first-order valence-electron chi connectivity index (χ1n) is 4.74. The van der Waals surface area contributed by atoms with Gasteiger partial charge in [-0.2, -0.15) is 0 Å². The summed E-state index contributed by atoms with van der Waals surface area (Å²) in [4.78, 5) is 0. The minimum absolute atomic E-state index is 0.0799. The molecule has 5 nitrogen and oxygen atoms in total. The first-order chi connectivity index (χ1) is 7.78. The first kappa shape index (κ1) is 12.6. The molecule has 1 N–H and O–H groups in total. The second kappa shape index (κ2) is 6.19. The Balaban J connectivity index is 3.14. The van der Waals surface area contributed by atoms with Crippen LogP contribution in [0.25, 0.3) is 0 Å². The van der Waals surface area contributed by atoms with E-state index in [1.165, 1.54) is 21.3 Å². The molecule has 0 aliphatic heterocycles. The van der Waals surface area contributed by atoms with Gasteiger partial charge in [-0.1, -0.05) is 0 Å². The molecule has 16 heavy (non-hydrogen) atoms. The molecule has 0 saturated carbocycles. The second-order valence-corrected chi connectivity index (χ2v) is 3.00. The van der Waals surface area contributed by atoms with Gasteiger partial charge in [0.05, 0.1) is 20.8 Å². The average molecular weight is 228 g/mol. The number of ether oxygens (including phenoxy) is 4. The SMILES string of the molecule is COCOc1c(CO)ccc(OC)c1OC. The summed E-state index contributed by atoms with van der Waals surface area (Å²) in [6.07, 6.45) is 0. The van der Waals surface area contributed by atoms with Gasteiger partial charge < -0.3 is 24.1 Å². The summed E-state index contributed by atoms with van der Waals surface area (Å²) in [7, 11) is 4.57. The van der Waals surface area contributed by atoms with Gasteiger partial charge in [0.1, 0.15) is 0 Å². The van der Waals surface area contributed by atoms with Crippen LogP contribution in [-0.4, -0.2) is 33.2 Å². The Labute approximate surface area is 94.5 Å². The minimum Gasteiger partial charge on any atom is -0.493 e. The zero-order valence-electron chi connectivity index (χ0n) is 9.65. The van der Waals surface area contributed by atoms with E-state index >= 15 is 0 Å². The van der Waals surface area contributed by atoms with Gasteiger partial charge in [-0.3, -0.25) is 0 Å². The van der Waals surface area contributed by atoms with Gasteiger partial charge in [0.15, 0.2) is 18.3 Å². The molecule has 1 aromatic carbocycles. The maximum absolute atomic E-state index is 9.18. The van der Waals surface area contributed by atoms with Gasteiger partial charge in [0.2, 0.25) is 5.75 Å². The quantitative estimate of drug-likeness (QED) is 0.741. The highest BCUT2D eigenvalue weighted by molar-refractivity contribution is 5.55. The smallest absolute Gasteiger partial charge is 0.203 e. The third-order valence-electron chi connectivity index (χ3n) is 2.07. The molecular formula is C11H16O5. The van der Waals surface area contributed by atoms with Crippen molar-refractivity contribution in [3.05, 3.63) is 17.7 Å². The molecule has 90 valence electrons. The van der Waals surface area contributed by atoms with Crippen molar-refractivity contribution in [2.75, 3.05) is 28.1 Å². The monoisotopic (exact) mass is 228 g/mol. The Morgan fingerprint density at radius 2 is 1.81 bits per heavy atom. The summed E-state index contributed by atoms with van der Waals surface area (Å²) in [6.45, 7) is -0.0596. The summed E-state index contributed by atoms with van der Waals surface area (Å²) < 4.78 is 20.5. The van der Waals surface area contributed by atoms with Gasteiger partial charge >= 0.3 is 0 Å². The lowest BCUT2D eigenvalue weighted by atomic mass is 10.2. The highest BCUT2D eigenvalue weighted by Gasteiger charge is 2.15. The van der Waals surface area contributed by atoms with Crippen LogP contribution in [0.4, 0.5) is 0 Å². The van der Waals surface area contributed by atoms with Crippen LogP contribution >= 0.6 is 0 Å². The average Bonchev–Trinajstić information content (AvgIpc) is 2.34. The molecule has 0 amide bonds. The fourth-order valence-electron chi connectivity index (χ4n) is 1.34. The lowest BCUT2D eigenvalue weighted by molar-refractivity contribution is 0.0472. The lowest BCUT2D eigenvalue weighted by Crippen LogP contribution is -2.04. The Bertz CT molecular complexity index is 337. The molecule has 0 atom stereocenters. The van der Waals surface area contributed by atoms with Crippen molar-refractivity contribution in [3.8, 4) is 17.2 Å². The zero-order valence-corrected chi connectivity index (χ0v) is 9.65. The molecule has 0 heterocycles. The van der Waals surface area contributed by atoms with Crippen LogP contribution in [0.3, 0.4) is 0 Å². The van der Waals surface area contributed by atoms with Gasteiger partial charge in [-0.25, -0.2) is 0 Å². The van der Waals surface area contributed by atoms with E-state index < -0.39 is 0 Å². The van der Waals surface area contributed by atoms with Crippen LogP contribution in [0.1, 0.15) is 5.56 Å². The number of aliphatic hydroxyl groups excluding tert-OH is 1. The molecular weight excluding hydrogens is 212 g/mol. The lowest BCUT2D eigenvalue weighted by Gasteiger charge is -2.15. The molecule has 1 aromatic rings. The van der Waals surface area contributed by atoms with E-state index in [2.05, 4.69) is 0 Å². The molecule has 5 heteroatoms. The fraction of sp³-hybridized carbons (Fsp3) is 0.455. The molecule has 0 unspecified atom stereocenters. The number of hydrogen-bond donors (Lipinski definition) is 1. The number of benzene rings is 1. The zero-order chi connectivity index (χ0) is 12.0. The topological polar surface area (TPSA) is 57.2 Å². The van der Waals surface area contributed by atoms with Crippen LogP contribution in [0.15, 0.2) is 12.1 Å². The van der Waals surface area contributed by atoms with Crippen LogP contribution in [0, 0.1) is 0 Å². The van der Waals surface area contributed by atoms with E-state index in [1.807, 2.05) is 0 Å². The van der Waals surface area contributed by atoms with E-state index in [4.69, 9.17) is 18.9 Å². The number of rotatable bonds is 6. The normalized spacial score (nSPS) is 10.0. The van der Waals surface area contributed by atoms with Gasteiger partial charge in [0, 0.05) is 12.7 Å². The summed E-state index contributed by atoms with van der Waals surface area (Å²) in [5.41, 5.74) is 0.620. The maximum Gasteiger partial charge on any atom is 0.203 e. The first-order valence-corrected chi connectivity index (χ1v) is 4.74. The summed E-state index contributed by atoms with van der Waals surface area (Å²) in [6, 6.07) is 3.43. The van der Waals surface area contributed by atoms with Gasteiger partial charge in [0.25, 0.3) is 0 Å². The molecule has 1 rings (SSSR count). The van der Waals surface area contributed by atoms with Crippen molar-refractivity contribution in [1.82, 2.24) is 0 Å². The molecule has 0 aliphatic rings. The summed E-state index contributed by atoms with van der Waals surface area (Å²) in [5, 5.41) is 9.18. The van der Waals surface area contributed by atoms with Crippen molar-refractivity contribution in [2.45, 2.75) is 6.61 Å². The van der Waals surface area contributed by atoms with E-state index in [0.29, 0.717) is 22.8 Å². The van der Waals surface area contributed by atoms with Crippen molar-refractivity contribution in [1.29, 1.82) is 0 Å². The molecule has 0 fully saturated rings. The minimum atomic E-state index is -0.139. The number of methoxy groups -OCH3 is 3. The van der Waals surface area contributed by atoms with Gasteiger partial charge in [-0.05, 0) is 12.1 Å². The van der Waals surface area contributed by atoms with E-state index in [1.54, 1.807) is 12.1 Å². The predicted molar refractivity (Wildman–Crippen MR) is 58.0 cm³/mol. The Hall–Kier alpha value is -1.46. The number of hydrogen-bond acceptors (Lipinski definition) is 5. The van der Waals surface area contributed by atoms with E-state index in [-0.39, 0.29) is 13.4 Å². The molecule has 0 bridgehead atoms. The van der Waals surface area contributed by atoms with Crippen LogP contribution in [0.2, 0.25) is 0 Å². The van der Waals surface area contributed by atoms with E-state index in [0.717, 1.165) is 0 Å². The third kappa shape index (κ3) is 2.56. The number of aliphatic hydroxyl groups is 1. The molecule has 0 saturated heterocycles. The Morgan fingerprint density at radius 3 is 2.31 bits per heavy atom. The van der Waals surface area contributed by atoms with Crippen LogP contribution < -0.4 is 14.2 Å². The molecule has 0 spiro atoms. The van der Waals surface area contributed by atoms with E-state index in [9.17, 15) is 5.11 Å². The highest BCUT2D eigenvalue weighted by Crippen LogP contribution is 2.39. The highest BCUT2D eigenvalue weighted by atomic mass is 16.7. The largest absolute Gasteiger partial charge is 0.493 e. The molecule has 0 aliphatic carbocycles.